The van der Waals surface area contributed by atoms with Gasteiger partial charge in [0.1, 0.15) is 5.82 Å². The summed E-state index contributed by atoms with van der Waals surface area (Å²) in [6, 6.07) is 4.14. The smallest absolute Gasteiger partial charge is 0.123 e. The average Bonchev–Trinajstić information content (AvgIpc) is 2.78. The fraction of sp³-hybridized carbons (Fsp3) is 0.385. The Hall–Kier alpha value is -1.88. The second-order valence-electron chi connectivity index (χ2n) is 4.77. The van der Waals surface area contributed by atoms with Crippen LogP contribution in [0, 0.1) is 0 Å². The molecule has 0 saturated carbocycles. The normalized spacial score (nSPS) is 12.9. The molecule has 1 atom stereocenters. The third-order valence-electron chi connectivity index (χ3n) is 2.85. The Kier molecular flexibility index (Phi) is 3.62. The van der Waals surface area contributed by atoms with E-state index in [4.69, 9.17) is 5.73 Å². The molecule has 0 saturated heterocycles. The Bertz CT molecular complexity index is 500. The number of pyridine rings is 1. The van der Waals surface area contributed by atoms with Crippen molar-refractivity contribution >= 4 is 5.82 Å². The molecule has 0 aliphatic heterocycles. The molecule has 0 fully saturated rings. The zero-order valence-corrected chi connectivity index (χ0v) is 11.0. The maximum absolute atomic E-state index is 5.60. The summed E-state index contributed by atoms with van der Waals surface area (Å²) in [5, 5.41) is 0. The van der Waals surface area contributed by atoms with Gasteiger partial charge in [0.25, 0.3) is 0 Å². The summed E-state index contributed by atoms with van der Waals surface area (Å²) in [6.45, 7) is 3.14. The summed E-state index contributed by atoms with van der Waals surface area (Å²) in [6.07, 6.45) is 5.50. The summed E-state index contributed by atoms with van der Waals surface area (Å²) in [4.78, 5) is 10.5. The van der Waals surface area contributed by atoms with Gasteiger partial charge in [-0.3, -0.25) is 0 Å². The van der Waals surface area contributed by atoms with Gasteiger partial charge in [0.05, 0.1) is 18.2 Å². The van der Waals surface area contributed by atoms with Gasteiger partial charge in [0.15, 0.2) is 0 Å². The largest absolute Gasteiger partial charge is 0.384 e. The summed E-state index contributed by atoms with van der Waals surface area (Å²) in [5.41, 5.74) is 7.70. The highest BCUT2D eigenvalue weighted by molar-refractivity contribution is 5.59. The molecular formula is C13H19N5. The van der Waals surface area contributed by atoms with Crippen LogP contribution in [0.15, 0.2) is 30.9 Å². The first kappa shape index (κ1) is 12.6. The van der Waals surface area contributed by atoms with Gasteiger partial charge >= 0.3 is 0 Å². The number of nitrogens with zero attached hydrogens (tertiary/aromatic N) is 4. The van der Waals surface area contributed by atoms with E-state index < -0.39 is 0 Å². The summed E-state index contributed by atoms with van der Waals surface area (Å²) in [5.74, 6) is 0.533. The van der Waals surface area contributed by atoms with Crippen LogP contribution < -0.4 is 5.73 Å². The van der Waals surface area contributed by atoms with Crippen molar-refractivity contribution < 1.29 is 0 Å². The predicted octanol–water partition coefficient (Wildman–Crippen LogP) is 1.65. The summed E-state index contributed by atoms with van der Waals surface area (Å²) in [7, 11) is 4.13. The Balaban J connectivity index is 2.29. The van der Waals surface area contributed by atoms with Crippen LogP contribution in [-0.2, 0) is 0 Å². The first-order valence-electron chi connectivity index (χ1n) is 5.96. The van der Waals surface area contributed by atoms with Crippen molar-refractivity contribution in [1.29, 1.82) is 0 Å². The lowest BCUT2D eigenvalue weighted by molar-refractivity contribution is 0.338. The van der Waals surface area contributed by atoms with Crippen LogP contribution in [0.4, 0.5) is 5.82 Å². The second kappa shape index (κ2) is 5.18. The molecule has 96 valence electrons. The molecule has 0 aliphatic carbocycles. The fourth-order valence-corrected chi connectivity index (χ4v) is 2.05. The summed E-state index contributed by atoms with van der Waals surface area (Å²) >= 11 is 0. The molecule has 2 heterocycles. The van der Waals surface area contributed by atoms with E-state index in [9.17, 15) is 0 Å². The molecule has 18 heavy (non-hydrogen) atoms. The number of aromatic nitrogens is 3. The molecule has 0 aliphatic rings. The van der Waals surface area contributed by atoms with Crippen LogP contribution in [0.2, 0.25) is 0 Å². The number of hydrogen-bond acceptors (Lipinski definition) is 4. The molecule has 0 spiro atoms. The molecule has 1 unspecified atom stereocenters. The zero-order chi connectivity index (χ0) is 13.1. The summed E-state index contributed by atoms with van der Waals surface area (Å²) < 4.78 is 2.16. The van der Waals surface area contributed by atoms with Gasteiger partial charge < -0.3 is 15.2 Å². The molecule has 2 aromatic rings. The predicted molar refractivity (Wildman–Crippen MR) is 73.1 cm³/mol. The van der Waals surface area contributed by atoms with Crippen LogP contribution in [-0.4, -0.2) is 40.1 Å². The van der Waals surface area contributed by atoms with Crippen molar-refractivity contribution in [3.63, 3.8) is 0 Å². The maximum atomic E-state index is 5.60. The lowest BCUT2D eigenvalue weighted by Crippen LogP contribution is -2.22. The maximum Gasteiger partial charge on any atom is 0.123 e. The van der Waals surface area contributed by atoms with Crippen molar-refractivity contribution in [3.8, 4) is 11.3 Å². The number of anilines is 1. The van der Waals surface area contributed by atoms with E-state index >= 15 is 0 Å². The minimum Gasteiger partial charge on any atom is -0.384 e. The lowest BCUT2D eigenvalue weighted by Gasteiger charge is -2.20. The Morgan fingerprint density at radius 3 is 2.72 bits per heavy atom. The van der Waals surface area contributed by atoms with Gasteiger partial charge in [0.2, 0.25) is 0 Å². The standard InChI is InChI=1S/C13H19N5/c1-10(8-17(2)3)18-9-15-7-12(18)11-4-5-13(14)16-6-11/h4-7,9-10H,8H2,1-3H3,(H2,14,16). The zero-order valence-electron chi connectivity index (χ0n) is 11.0. The van der Waals surface area contributed by atoms with Crippen molar-refractivity contribution in [3.05, 3.63) is 30.9 Å². The van der Waals surface area contributed by atoms with E-state index in [-0.39, 0.29) is 0 Å². The quantitative estimate of drug-likeness (QED) is 0.889. The van der Waals surface area contributed by atoms with Gasteiger partial charge in [-0.05, 0) is 33.2 Å². The molecule has 5 heteroatoms. The van der Waals surface area contributed by atoms with Crippen LogP contribution >= 0.6 is 0 Å². The lowest BCUT2D eigenvalue weighted by atomic mass is 10.2. The molecule has 2 aromatic heterocycles. The second-order valence-corrected chi connectivity index (χ2v) is 4.77. The number of likely N-dealkylation sites (N-methyl/N-ethyl adjacent to an activating group) is 1. The average molecular weight is 245 g/mol. The Morgan fingerprint density at radius 1 is 1.33 bits per heavy atom. The minimum atomic E-state index is 0.357. The van der Waals surface area contributed by atoms with E-state index in [1.54, 1.807) is 6.20 Å². The monoisotopic (exact) mass is 245 g/mol. The van der Waals surface area contributed by atoms with Crippen LogP contribution in [0.25, 0.3) is 11.3 Å². The Labute approximate surface area is 107 Å². The fourth-order valence-electron chi connectivity index (χ4n) is 2.05. The highest BCUT2D eigenvalue weighted by Gasteiger charge is 2.12. The van der Waals surface area contributed by atoms with Crippen molar-refractivity contribution in [2.75, 3.05) is 26.4 Å². The Morgan fingerprint density at radius 2 is 2.11 bits per heavy atom. The number of imidazole rings is 1. The number of nitrogens with two attached hydrogens (primary N) is 1. The SMILES string of the molecule is CC(CN(C)C)n1cncc1-c1ccc(N)nc1. The van der Waals surface area contributed by atoms with Gasteiger partial charge in [-0.2, -0.15) is 0 Å². The minimum absolute atomic E-state index is 0.357. The molecular weight excluding hydrogens is 226 g/mol. The van der Waals surface area contributed by atoms with Gasteiger partial charge in [-0.25, -0.2) is 9.97 Å². The van der Waals surface area contributed by atoms with Crippen molar-refractivity contribution in [2.45, 2.75) is 13.0 Å². The molecule has 0 bridgehead atoms. The van der Waals surface area contributed by atoms with Crippen LogP contribution in [0.5, 0.6) is 0 Å². The molecule has 2 N–H and O–H groups in total. The van der Waals surface area contributed by atoms with E-state index in [0.29, 0.717) is 11.9 Å². The van der Waals surface area contributed by atoms with Crippen molar-refractivity contribution in [1.82, 2.24) is 19.4 Å². The topological polar surface area (TPSA) is 60.0 Å². The first-order valence-corrected chi connectivity index (χ1v) is 5.96. The van der Waals surface area contributed by atoms with Crippen LogP contribution in [0.1, 0.15) is 13.0 Å². The third-order valence-corrected chi connectivity index (χ3v) is 2.85. The van der Waals surface area contributed by atoms with E-state index in [0.717, 1.165) is 17.8 Å². The molecule has 0 radical (unpaired) electrons. The van der Waals surface area contributed by atoms with Crippen LogP contribution in [0.3, 0.4) is 0 Å². The van der Waals surface area contributed by atoms with Gasteiger partial charge in [0, 0.05) is 24.3 Å². The van der Waals surface area contributed by atoms with Gasteiger partial charge in [-0.1, -0.05) is 0 Å². The van der Waals surface area contributed by atoms with E-state index in [1.807, 2.05) is 24.7 Å². The highest BCUT2D eigenvalue weighted by atomic mass is 15.1. The molecule has 5 nitrogen and oxygen atoms in total. The number of rotatable bonds is 4. The van der Waals surface area contributed by atoms with Gasteiger partial charge in [-0.15, -0.1) is 0 Å². The third kappa shape index (κ3) is 2.68. The van der Waals surface area contributed by atoms with E-state index in [2.05, 4.69) is 40.5 Å². The molecule has 0 aromatic carbocycles. The number of hydrogen-bond donors (Lipinski definition) is 1. The molecule has 2 rings (SSSR count). The van der Waals surface area contributed by atoms with Crippen molar-refractivity contribution in [2.24, 2.45) is 0 Å². The molecule has 0 amide bonds. The number of nitrogen functional groups attached to an aromatic ring is 1. The van der Waals surface area contributed by atoms with E-state index in [1.165, 1.54) is 0 Å². The highest BCUT2D eigenvalue weighted by Crippen LogP contribution is 2.22. The first-order chi connectivity index (χ1) is 8.58.